The monoisotopic (exact) mass is 553 g/mol. The van der Waals surface area contributed by atoms with Gasteiger partial charge in [-0.3, -0.25) is 4.79 Å². The van der Waals surface area contributed by atoms with Gasteiger partial charge in [-0.2, -0.15) is 0 Å². The van der Waals surface area contributed by atoms with E-state index in [0.717, 1.165) is 59.7 Å². The summed E-state index contributed by atoms with van der Waals surface area (Å²) in [6, 6.07) is 16.6. The molecule has 2 fully saturated rings. The van der Waals surface area contributed by atoms with Gasteiger partial charge in [0.25, 0.3) is 5.91 Å². The molecule has 1 aromatic heterocycles. The van der Waals surface area contributed by atoms with E-state index < -0.39 is 0 Å². The molecule has 1 amide bonds. The van der Waals surface area contributed by atoms with Crippen molar-refractivity contribution in [2.45, 2.75) is 52.5 Å². The van der Waals surface area contributed by atoms with Gasteiger partial charge >= 0.3 is 0 Å². The summed E-state index contributed by atoms with van der Waals surface area (Å²) in [6.45, 7) is 14.7. The number of nitrogens with one attached hydrogen (secondary N) is 1. The third-order valence-electron chi connectivity index (χ3n) is 8.36. The molecule has 3 heterocycles. The van der Waals surface area contributed by atoms with E-state index in [0.29, 0.717) is 29.8 Å². The second-order valence-corrected chi connectivity index (χ2v) is 11.2. The predicted octanol–water partition coefficient (Wildman–Crippen LogP) is 7.03. The van der Waals surface area contributed by atoms with Crippen LogP contribution in [0.3, 0.4) is 0 Å². The zero-order valence-electron chi connectivity index (χ0n) is 24.9. The normalized spacial score (nSPS) is 16.0. The van der Waals surface area contributed by atoms with Gasteiger partial charge in [0, 0.05) is 60.9 Å². The number of rotatable bonds is 9. The van der Waals surface area contributed by atoms with Crippen LogP contribution >= 0.6 is 0 Å². The van der Waals surface area contributed by atoms with Crippen LogP contribution in [0.5, 0.6) is 5.75 Å². The van der Waals surface area contributed by atoms with Crippen molar-refractivity contribution in [3.63, 3.8) is 0 Å². The average molecular weight is 554 g/mol. The number of hydrogen-bond acceptors (Lipinski definition) is 6. The number of ether oxygens (including phenoxy) is 1. The Labute approximate surface area is 244 Å². The summed E-state index contributed by atoms with van der Waals surface area (Å²) in [6.07, 6.45) is 6.59. The zero-order chi connectivity index (χ0) is 28.9. The summed E-state index contributed by atoms with van der Waals surface area (Å²) >= 11 is 0. The first-order valence-corrected chi connectivity index (χ1v) is 14.9. The van der Waals surface area contributed by atoms with E-state index in [1.807, 2.05) is 61.3 Å². The van der Waals surface area contributed by atoms with Crippen LogP contribution in [0, 0.1) is 6.92 Å². The molecular formula is C34H43N5O2. The third kappa shape index (κ3) is 6.41. The van der Waals surface area contributed by atoms with Crippen LogP contribution in [-0.2, 0) is 0 Å². The molecule has 216 valence electrons. The number of likely N-dealkylation sites (tertiary alicyclic amines) is 2. The molecule has 5 rings (SSSR count). The number of benzene rings is 2. The summed E-state index contributed by atoms with van der Waals surface area (Å²) in [7, 11) is 2.06. The maximum absolute atomic E-state index is 13.4. The first kappa shape index (κ1) is 28.7. The van der Waals surface area contributed by atoms with Crippen molar-refractivity contribution in [1.29, 1.82) is 0 Å². The maximum Gasteiger partial charge on any atom is 0.253 e. The number of amides is 1. The number of aromatic nitrogens is 1. The SMILES string of the molecule is C=C(C)c1ccccc1N(C)c1cc(Nc2ccc(C(=O)N3CCC(N4CCCC4)CC3)cc2OCC)ncc1C. The van der Waals surface area contributed by atoms with Gasteiger partial charge in [0.1, 0.15) is 11.6 Å². The highest BCUT2D eigenvalue weighted by atomic mass is 16.5. The van der Waals surface area contributed by atoms with Gasteiger partial charge in [-0.05, 0) is 94.9 Å². The van der Waals surface area contributed by atoms with Crippen molar-refractivity contribution in [2.24, 2.45) is 0 Å². The molecule has 0 spiro atoms. The van der Waals surface area contributed by atoms with E-state index in [4.69, 9.17) is 4.74 Å². The van der Waals surface area contributed by atoms with Crippen LogP contribution in [0.15, 0.2) is 61.3 Å². The molecule has 0 atom stereocenters. The number of carbonyl (C=O) groups is 1. The molecule has 41 heavy (non-hydrogen) atoms. The molecule has 0 unspecified atom stereocenters. The molecule has 7 nitrogen and oxygen atoms in total. The van der Waals surface area contributed by atoms with Gasteiger partial charge in [0.05, 0.1) is 12.3 Å². The Kier molecular flexibility index (Phi) is 8.93. The van der Waals surface area contributed by atoms with E-state index in [1.165, 1.54) is 25.9 Å². The largest absolute Gasteiger partial charge is 0.492 e. The molecule has 0 saturated carbocycles. The van der Waals surface area contributed by atoms with Crippen LogP contribution in [0.2, 0.25) is 0 Å². The van der Waals surface area contributed by atoms with Gasteiger partial charge in [-0.1, -0.05) is 24.8 Å². The first-order chi connectivity index (χ1) is 19.9. The number of pyridine rings is 1. The Morgan fingerprint density at radius 2 is 1.80 bits per heavy atom. The number of anilines is 4. The van der Waals surface area contributed by atoms with Gasteiger partial charge in [0.2, 0.25) is 0 Å². The van der Waals surface area contributed by atoms with Crippen LogP contribution < -0.4 is 15.0 Å². The van der Waals surface area contributed by atoms with Crippen molar-refractivity contribution >= 4 is 34.4 Å². The summed E-state index contributed by atoms with van der Waals surface area (Å²) < 4.78 is 6.00. The second-order valence-electron chi connectivity index (χ2n) is 11.2. The fourth-order valence-corrected chi connectivity index (χ4v) is 6.09. The van der Waals surface area contributed by atoms with Crippen LogP contribution in [0.25, 0.3) is 5.57 Å². The fourth-order valence-electron chi connectivity index (χ4n) is 6.09. The molecule has 0 radical (unpaired) electrons. The molecule has 2 aliphatic rings. The van der Waals surface area contributed by atoms with Crippen molar-refractivity contribution in [3.8, 4) is 5.75 Å². The molecule has 7 heteroatoms. The van der Waals surface area contributed by atoms with Crippen molar-refractivity contribution in [1.82, 2.24) is 14.8 Å². The summed E-state index contributed by atoms with van der Waals surface area (Å²) in [5.74, 6) is 1.43. The number of aryl methyl sites for hydroxylation is 1. The number of carbonyl (C=O) groups excluding carboxylic acids is 1. The predicted molar refractivity (Wildman–Crippen MR) is 169 cm³/mol. The average Bonchev–Trinajstić information content (AvgIpc) is 3.54. The highest BCUT2D eigenvalue weighted by Crippen LogP contribution is 2.35. The maximum atomic E-state index is 13.4. The van der Waals surface area contributed by atoms with Gasteiger partial charge in [-0.15, -0.1) is 0 Å². The van der Waals surface area contributed by atoms with E-state index in [2.05, 4.69) is 52.8 Å². The molecule has 3 aromatic rings. The lowest BCUT2D eigenvalue weighted by Gasteiger charge is -2.36. The van der Waals surface area contributed by atoms with Gasteiger partial charge in [0.15, 0.2) is 0 Å². The lowest BCUT2D eigenvalue weighted by molar-refractivity contribution is 0.0644. The smallest absolute Gasteiger partial charge is 0.253 e. The molecule has 2 saturated heterocycles. The van der Waals surface area contributed by atoms with Crippen LogP contribution in [0.1, 0.15) is 61.0 Å². The summed E-state index contributed by atoms with van der Waals surface area (Å²) in [5.41, 5.74) is 6.76. The number of nitrogens with zero attached hydrogens (tertiary/aromatic N) is 4. The Bertz CT molecular complexity index is 1390. The van der Waals surface area contributed by atoms with Crippen LogP contribution in [-0.4, -0.2) is 66.6 Å². The summed E-state index contributed by atoms with van der Waals surface area (Å²) in [5, 5.41) is 3.44. The minimum atomic E-state index is 0.0749. The highest BCUT2D eigenvalue weighted by Gasteiger charge is 2.29. The lowest BCUT2D eigenvalue weighted by Crippen LogP contribution is -2.45. The van der Waals surface area contributed by atoms with E-state index in [-0.39, 0.29) is 5.91 Å². The quantitative estimate of drug-likeness (QED) is 0.307. The minimum absolute atomic E-state index is 0.0749. The molecular weight excluding hydrogens is 510 g/mol. The molecule has 0 aliphatic carbocycles. The zero-order valence-corrected chi connectivity index (χ0v) is 24.9. The topological polar surface area (TPSA) is 60.9 Å². The Hall–Kier alpha value is -3.84. The second kappa shape index (κ2) is 12.8. The fraction of sp³-hybridized carbons (Fsp3) is 0.412. The standard InChI is InChI=1S/C34H43N5O2/c1-6-41-32-21-26(34(40)39-19-15-27(16-20-39)38-17-9-10-18-38)13-14-29(32)36-33-22-31(25(4)23-35-33)37(5)30-12-8-7-11-28(30)24(2)3/h7-8,11-14,21-23,27H,2,6,9-10,15-20H2,1,3-5H3,(H,35,36). The molecule has 0 bridgehead atoms. The Morgan fingerprint density at radius 1 is 1.07 bits per heavy atom. The molecule has 2 aromatic carbocycles. The first-order valence-electron chi connectivity index (χ1n) is 14.9. The number of allylic oxidation sites excluding steroid dienone is 1. The lowest BCUT2D eigenvalue weighted by atomic mass is 10.0. The van der Waals surface area contributed by atoms with Crippen LogP contribution in [0.4, 0.5) is 22.9 Å². The number of hydrogen-bond donors (Lipinski definition) is 1. The molecule has 1 N–H and O–H groups in total. The van der Waals surface area contributed by atoms with E-state index >= 15 is 0 Å². The van der Waals surface area contributed by atoms with Gasteiger partial charge < -0.3 is 24.8 Å². The Morgan fingerprint density at radius 3 is 2.51 bits per heavy atom. The summed E-state index contributed by atoms with van der Waals surface area (Å²) in [4.78, 5) is 24.9. The van der Waals surface area contributed by atoms with Crippen molar-refractivity contribution < 1.29 is 9.53 Å². The third-order valence-corrected chi connectivity index (χ3v) is 8.36. The van der Waals surface area contributed by atoms with Gasteiger partial charge in [-0.25, -0.2) is 4.98 Å². The van der Waals surface area contributed by atoms with E-state index in [9.17, 15) is 4.79 Å². The highest BCUT2D eigenvalue weighted by molar-refractivity contribution is 5.95. The van der Waals surface area contributed by atoms with Crippen molar-refractivity contribution in [3.05, 3.63) is 78.0 Å². The Balaban J connectivity index is 1.33. The van der Waals surface area contributed by atoms with Crippen molar-refractivity contribution in [2.75, 3.05) is 50.1 Å². The number of para-hydroxylation sites is 1. The van der Waals surface area contributed by atoms with E-state index in [1.54, 1.807) is 0 Å². The molecule has 2 aliphatic heterocycles. The number of piperidine rings is 1. The minimum Gasteiger partial charge on any atom is -0.492 e.